The van der Waals surface area contributed by atoms with E-state index in [2.05, 4.69) is 20.5 Å². The van der Waals surface area contributed by atoms with Crippen molar-refractivity contribution in [2.75, 3.05) is 11.1 Å². The Kier molecular flexibility index (Phi) is 6.47. The van der Waals surface area contributed by atoms with Gasteiger partial charge < -0.3 is 5.32 Å². The van der Waals surface area contributed by atoms with Crippen LogP contribution in [0.5, 0.6) is 0 Å². The molecule has 0 saturated heterocycles. The summed E-state index contributed by atoms with van der Waals surface area (Å²) in [5.74, 6) is -0.210. The third-order valence-electron chi connectivity index (χ3n) is 4.46. The van der Waals surface area contributed by atoms with Gasteiger partial charge in [0.15, 0.2) is 0 Å². The molecule has 0 radical (unpaired) electrons. The Morgan fingerprint density at radius 3 is 2.03 bits per heavy atom. The van der Waals surface area contributed by atoms with Gasteiger partial charge in [-0.05, 0) is 12.1 Å². The number of anilines is 1. The van der Waals surface area contributed by atoms with Gasteiger partial charge in [-0.15, -0.1) is 10.2 Å². The predicted molar refractivity (Wildman–Crippen MR) is 123 cm³/mol. The second kappa shape index (κ2) is 9.80. The quantitative estimate of drug-likeness (QED) is 0.247. The van der Waals surface area contributed by atoms with Crippen LogP contribution in [0.25, 0.3) is 22.5 Å². The van der Waals surface area contributed by atoms with Gasteiger partial charge >= 0.3 is 0 Å². The Morgan fingerprint density at radius 2 is 1.44 bits per heavy atom. The Bertz CT molecular complexity index is 1240. The second-order valence-corrected chi connectivity index (χ2v) is 7.61. The number of amides is 1. The van der Waals surface area contributed by atoms with Gasteiger partial charge in [-0.1, -0.05) is 72.4 Å². The van der Waals surface area contributed by atoms with E-state index in [1.807, 2.05) is 60.7 Å². The van der Waals surface area contributed by atoms with E-state index in [-0.39, 0.29) is 17.3 Å². The Hall–Kier alpha value is -4.11. The molecule has 0 atom stereocenters. The van der Waals surface area contributed by atoms with Crippen molar-refractivity contribution < 1.29 is 9.72 Å². The molecule has 3 aromatic carbocycles. The molecule has 1 heterocycles. The monoisotopic (exact) mass is 443 g/mol. The van der Waals surface area contributed by atoms with Crippen LogP contribution in [-0.2, 0) is 4.79 Å². The van der Waals surface area contributed by atoms with Crippen LogP contribution in [0, 0.1) is 10.1 Å². The van der Waals surface area contributed by atoms with E-state index in [1.54, 1.807) is 0 Å². The first kappa shape index (κ1) is 21.1. The molecule has 0 aliphatic heterocycles. The highest BCUT2D eigenvalue weighted by Crippen LogP contribution is 2.29. The molecule has 1 N–H and O–H groups in total. The molecule has 0 spiro atoms. The summed E-state index contributed by atoms with van der Waals surface area (Å²) in [6.07, 6.45) is 0. The average Bonchev–Trinajstić information content (AvgIpc) is 2.84. The van der Waals surface area contributed by atoms with Crippen molar-refractivity contribution >= 4 is 29.0 Å². The Balaban J connectivity index is 1.50. The minimum atomic E-state index is -0.491. The van der Waals surface area contributed by atoms with Crippen LogP contribution in [0.3, 0.4) is 0 Å². The lowest BCUT2D eigenvalue weighted by molar-refractivity contribution is -0.384. The van der Waals surface area contributed by atoms with Crippen molar-refractivity contribution in [3.8, 4) is 22.5 Å². The third-order valence-corrected chi connectivity index (χ3v) is 5.29. The number of carbonyl (C=O) groups is 1. The number of nitro groups is 1. The van der Waals surface area contributed by atoms with Gasteiger partial charge in [-0.2, -0.15) is 0 Å². The molecule has 8 nitrogen and oxygen atoms in total. The van der Waals surface area contributed by atoms with Crippen LogP contribution >= 0.6 is 11.8 Å². The highest BCUT2D eigenvalue weighted by Gasteiger charge is 2.15. The fourth-order valence-electron chi connectivity index (χ4n) is 2.95. The summed E-state index contributed by atoms with van der Waals surface area (Å²) < 4.78 is 0. The average molecular weight is 443 g/mol. The third kappa shape index (κ3) is 5.13. The van der Waals surface area contributed by atoms with Crippen molar-refractivity contribution in [2.24, 2.45) is 0 Å². The predicted octanol–water partition coefficient (Wildman–Crippen LogP) is 4.84. The van der Waals surface area contributed by atoms with Gasteiger partial charge in [0.2, 0.25) is 11.1 Å². The Labute approximate surface area is 187 Å². The molecule has 9 heteroatoms. The van der Waals surface area contributed by atoms with E-state index in [1.165, 1.54) is 24.3 Å². The molecule has 1 aromatic heterocycles. The van der Waals surface area contributed by atoms with Gasteiger partial charge in [0.05, 0.1) is 10.7 Å². The van der Waals surface area contributed by atoms with Crippen LogP contribution in [0.15, 0.2) is 90.1 Å². The molecule has 0 fully saturated rings. The normalized spacial score (nSPS) is 10.5. The molecule has 0 aliphatic carbocycles. The molecule has 32 heavy (non-hydrogen) atoms. The van der Waals surface area contributed by atoms with Crippen molar-refractivity contribution in [2.45, 2.75) is 5.16 Å². The highest BCUT2D eigenvalue weighted by atomic mass is 32.2. The molecule has 0 saturated carbocycles. The molecule has 4 aromatic rings. The van der Waals surface area contributed by atoms with Crippen molar-refractivity contribution in [1.29, 1.82) is 0 Å². The van der Waals surface area contributed by atoms with E-state index < -0.39 is 4.92 Å². The SMILES string of the molecule is O=C(CSc1nnc(-c2ccccc2)c(-c2ccccc2)n1)Nc1ccc([N+](=O)[O-])cc1. The lowest BCUT2D eigenvalue weighted by Gasteiger charge is -2.09. The van der Waals surface area contributed by atoms with Crippen molar-refractivity contribution in [3.05, 3.63) is 95.0 Å². The Morgan fingerprint density at radius 1 is 0.844 bits per heavy atom. The first-order valence-electron chi connectivity index (χ1n) is 9.63. The lowest BCUT2D eigenvalue weighted by Crippen LogP contribution is -2.14. The maximum Gasteiger partial charge on any atom is 0.269 e. The summed E-state index contributed by atoms with van der Waals surface area (Å²) in [5, 5.41) is 22.4. The molecule has 0 unspecified atom stereocenters. The van der Waals surface area contributed by atoms with Crippen LogP contribution in [0.4, 0.5) is 11.4 Å². The number of nitrogens with one attached hydrogen (secondary N) is 1. The number of nitro benzene ring substituents is 1. The fourth-order valence-corrected chi connectivity index (χ4v) is 3.54. The maximum atomic E-state index is 12.3. The second-order valence-electron chi connectivity index (χ2n) is 6.66. The maximum absolute atomic E-state index is 12.3. The molecule has 4 rings (SSSR count). The van der Waals surface area contributed by atoms with Gasteiger partial charge in [0.25, 0.3) is 5.69 Å². The molecule has 0 aliphatic rings. The van der Waals surface area contributed by atoms with E-state index in [9.17, 15) is 14.9 Å². The summed E-state index contributed by atoms with van der Waals surface area (Å²) in [7, 11) is 0. The number of thioether (sulfide) groups is 1. The van der Waals surface area contributed by atoms with E-state index in [4.69, 9.17) is 0 Å². The largest absolute Gasteiger partial charge is 0.325 e. The number of nitrogens with zero attached hydrogens (tertiary/aromatic N) is 4. The van der Waals surface area contributed by atoms with Crippen molar-refractivity contribution in [1.82, 2.24) is 15.2 Å². The number of benzene rings is 3. The van der Waals surface area contributed by atoms with E-state index >= 15 is 0 Å². The summed E-state index contributed by atoms with van der Waals surface area (Å²) in [6.45, 7) is 0. The molecule has 158 valence electrons. The van der Waals surface area contributed by atoms with Gasteiger partial charge in [0.1, 0.15) is 11.4 Å². The summed E-state index contributed by atoms with van der Waals surface area (Å²) in [6, 6.07) is 25.0. The van der Waals surface area contributed by atoms with Gasteiger partial charge in [-0.25, -0.2) is 4.98 Å². The minimum absolute atomic E-state index is 0.0382. The van der Waals surface area contributed by atoms with Gasteiger partial charge in [-0.3, -0.25) is 14.9 Å². The smallest absolute Gasteiger partial charge is 0.269 e. The molecule has 1 amide bonds. The minimum Gasteiger partial charge on any atom is -0.325 e. The highest BCUT2D eigenvalue weighted by molar-refractivity contribution is 7.99. The van der Waals surface area contributed by atoms with Crippen molar-refractivity contribution in [3.63, 3.8) is 0 Å². The number of rotatable bonds is 7. The fraction of sp³-hybridized carbons (Fsp3) is 0.0435. The van der Waals surface area contributed by atoms with Crippen LogP contribution in [0.1, 0.15) is 0 Å². The number of carbonyl (C=O) groups excluding carboxylic acids is 1. The van der Waals surface area contributed by atoms with Gasteiger partial charge in [0, 0.05) is 28.9 Å². The summed E-state index contributed by atoms with van der Waals surface area (Å²) in [4.78, 5) is 27.2. The van der Waals surface area contributed by atoms with E-state index in [0.717, 1.165) is 22.9 Å². The molecular formula is C23H17N5O3S. The van der Waals surface area contributed by atoms with Crippen LogP contribution in [-0.4, -0.2) is 31.8 Å². The number of aromatic nitrogens is 3. The number of non-ortho nitro benzene ring substituents is 1. The van der Waals surface area contributed by atoms with Crippen LogP contribution in [0.2, 0.25) is 0 Å². The zero-order valence-corrected chi connectivity index (χ0v) is 17.5. The first-order chi connectivity index (χ1) is 15.6. The summed E-state index contributed by atoms with van der Waals surface area (Å²) >= 11 is 1.16. The summed E-state index contributed by atoms with van der Waals surface area (Å²) in [5.41, 5.74) is 3.59. The van der Waals surface area contributed by atoms with Crippen LogP contribution < -0.4 is 5.32 Å². The number of hydrogen-bond donors (Lipinski definition) is 1. The first-order valence-corrected chi connectivity index (χ1v) is 10.6. The zero-order chi connectivity index (χ0) is 22.3. The standard InChI is InChI=1S/C23H17N5O3S/c29-20(24-18-11-13-19(14-12-18)28(30)31)15-32-23-25-21(16-7-3-1-4-8-16)22(26-27-23)17-9-5-2-6-10-17/h1-14H,15H2,(H,24,29). The van der Waals surface area contributed by atoms with E-state index in [0.29, 0.717) is 22.2 Å². The molecule has 0 bridgehead atoms. The lowest BCUT2D eigenvalue weighted by atomic mass is 10.0. The number of hydrogen-bond acceptors (Lipinski definition) is 7. The topological polar surface area (TPSA) is 111 Å². The zero-order valence-electron chi connectivity index (χ0n) is 16.7. The molecular weight excluding hydrogens is 426 g/mol.